The van der Waals surface area contributed by atoms with Gasteiger partial charge in [0.05, 0.1) is 5.52 Å². The lowest BCUT2D eigenvalue weighted by molar-refractivity contribution is 0.660. The van der Waals surface area contributed by atoms with Crippen molar-refractivity contribution in [1.29, 1.82) is 0 Å². The van der Waals surface area contributed by atoms with Crippen molar-refractivity contribution in [1.82, 2.24) is 10.3 Å². The van der Waals surface area contributed by atoms with Gasteiger partial charge in [-0.2, -0.15) is 11.8 Å². The summed E-state index contributed by atoms with van der Waals surface area (Å²) in [6.45, 7) is 6.77. The number of aromatic nitrogens is 1. The van der Waals surface area contributed by atoms with Gasteiger partial charge in [0.25, 0.3) is 0 Å². The SMILES string of the molecule is CNC(CSC(C)(C)C)c1cccc2cccnc12. The van der Waals surface area contributed by atoms with E-state index in [-0.39, 0.29) is 4.75 Å². The highest BCUT2D eigenvalue weighted by molar-refractivity contribution is 8.00. The van der Waals surface area contributed by atoms with Gasteiger partial charge in [0.1, 0.15) is 0 Å². The van der Waals surface area contributed by atoms with Crippen LogP contribution in [-0.2, 0) is 0 Å². The second-order valence-corrected chi connectivity index (χ2v) is 7.53. The Kier molecular flexibility index (Phi) is 4.48. The molecule has 1 heterocycles. The molecule has 0 spiro atoms. The van der Waals surface area contributed by atoms with Crippen molar-refractivity contribution in [3.63, 3.8) is 0 Å². The van der Waals surface area contributed by atoms with Crippen molar-refractivity contribution in [2.45, 2.75) is 31.6 Å². The monoisotopic (exact) mass is 274 g/mol. The predicted molar refractivity (Wildman–Crippen MR) is 85.8 cm³/mol. The van der Waals surface area contributed by atoms with Gasteiger partial charge < -0.3 is 5.32 Å². The van der Waals surface area contributed by atoms with Crippen LogP contribution in [-0.4, -0.2) is 22.5 Å². The van der Waals surface area contributed by atoms with E-state index < -0.39 is 0 Å². The van der Waals surface area contributed by atoms with E-state index in [4.69, 9.17) is 0 Å². The lowest BCUT2D eigenvalue weighted by atomic mass is 10.0. The van der Waals surface area contributed by atoms with Crippen molar-refractivity contribution in [2.24, 2.45) is 0 Å². The third kappa shape index (κ3) is 3.71. The van der Waals surface area contributed by atoms with Crippen LogP contribution in [0.25, 0.3) is 10.9 Å². The van der Waals surface area contributed by atoms with Crippen molar-refractivity contribution < 1.29 is 0 Å². The number of nitrogens with one attached hydrogen (secondary N) is 1. The van der Waals surface area contributed by atoms with Crippen molar-refractivity contribution in [3.8, 4) is 0 Å². The lowest BCUT2D eigenvalue weighted by Gasteiger charge is -2.23. The molecule has 2 nitrogen and oxygen atoms in total. The molecule has 0 radical (unpaired) electrons. The van der Waals surface area contributed by atoms with Crippen molar-refractivity contribution >= 4 is 22.7 Å². The number of hydrogen-bond donors (Lipinski definition) is 1. The van der Waals surface area contributed by atoms with Crippen LogP contribution in [0, 0.1) is 0 Å². The summed E-state index contributed by atoms with van der Waals surface area (Å²) in [5.74, 6) is 1.05. The summed E-state index contributed by atoms with van der Waals surface area (Å²) in [5.41, 5.74) is 2.40. The summed E-state index contributed by atoms with van der Waals surface area (Å²) in [5, 5.41) is 4.63. The molecule has 19 heavy (non-hydrogen) atoms. The quantitative estimate of drug-likeness (QED) is 0.911. The number of pyridine rings is 1. The molecule has 0 saturated carbocycles. The first-order valence-corrected chi connectivity index (χ1v) is 7.65. The summed E-state index contributed by atoms with van der Waals surface area (Å²) in [4.78, 5) is 4.55. The largest absolute Gasteiger partial charge is 0.312 e. The molecule has 3 heteroatoms. The fourth-order valence-electron chi connectivity index (χ4n) is 2.07. The molecule has 0 saturated heterocycles. The Labute approximate surface area is 120 Å². The summed E-state index contributed by atoms with van der Waals surface area (Å²) < 4.78 is 0.285. The first-order valence-electron chi connectivity index (χ1n) is 6.66. The first-order chi connectivity index (χ1) is 9.01. The summed E-state index contributed by atoms with van der Waals surface area (Å²) in [6.07, 6.45) is 1.87. The van der Waals surface area contributed by atoms with E-state index in [2.05, 4.69) is 55.3 Å². The normalized spacial score (nSPS) is 13.7. The molecule has 2 rings (SSSR count). The number of hydrogen-bond acceptors (Lipinski definition) is 3. The maximum atomic E-state index is 4.55. The molecule has 0 aliphatic rings. The van der Waals surface area contributed by atoms with Crippen LogP contribution in [0.3, 0.4) is 0 Å². The average molecular weight is 274 g/mol. The number of rotatable bonds is 4. The molecule has 102 valence electrons. The number of fused-ring (bicyclic) bond motifs is 1. The van der Waals surface area contributed by atoms with E-state index >= 15 is 0 Å². The van der Waals surface area contributed by atoms with Gasteiger partial charge in [0.15, 0.2) is 0 Å². The van der Waals surface area contributed by atoms with E-state index in [0.29, 0.717) is 6.04 Å². The van der Waals surface area contributed by atoms with E-state index in [1.807, 2.05) is 31.1 Å². The number of nitrogens with zero attached hydrogens (tertiary/aromatic N) is 1. The second kappa shape index (κ2) is 5.93. The third-order valence-electron chi connectivity index (χ3n) is 3.07. The number of para-hydroxylation sites is 1. The Morgan fingerprint density at radius 3 is 2.63 bits per heavy atom. The van der Waals surface area contributed by atoms with Gasteiger partial charge in [0, 0.05) is 28.1 Å². The van der Waals surface area contributed by atoms with Gasteiger partial charge in [-0.1, -0.05) is 45.0 Å². The van der Waals surface area contributed by atoms with Crippen LogP contribution in [0.2, 0.25) is 0 Å². The molecule has 2 aromatic rings. The fraction of sp³-hybridized carbons (Fsp3) is 0.438. The molecule has 0 aliphatic heterocycles. The van der Waals surface area contributed by atoms with Crippen LogP contribution >= 0.6 is 11.8 Å². The maximum Gasteiger partial charge on any atom is 0.0750 e. The topological polar surface area (TPSA) is 24.9 Å². The molecule has 1 N–H and O–H groups in total. The minimum absolute atomic E-state index is 0.285. The van der Waals surface area contributed by atoms with Crippen LogP contribution in [0.15, 0.2) is 36.5 Å². The van der Waals surface area contributed by atoms with Gasteiger partial charge in [-0.05, 0) is 18.7 Å². The zero-order valence-corrected chi connectivity index (χ0v) is 12.9. The molecule has 1 unspecified atom stereocenters. The van der Waals surface area contributed by atoms with Crippen molar-refractivity contribution in [3.05, 3.63) is 42.1 Å². The number of thioether (sulfide) groups is 1. The molecular formula is C16H22N2S. The molecule has 1 aromatic heterocycles. The maximum absolute atomic E-state index is 4.55. The van der Waals surface area contributed by atoms with E-state index in [9.17, 15) is 0 Å². The molecule has 0 amide bonds. The number of benzene rings is 1. The molecule has 0 aliphatic carbocycles. The summed E-state index contributed by atoms with van der Waals surface area (Å²) >= 11 is 1.98. The zero-order valence-electron chi connectivity index (χ0n) is 12.1. The Balaban J connectivity index is 2.30. The predicted octanol–water partition coefficient (Wildman–Crippen LogP) is 4.03. The minimum atomic E-state index is 0.285. The highest BCUT2D eigenvalue weighted by atomic mass is 32.2. The second-order valence-electron chi connectivity index (χ2n) is 5.69. The average Bonchev–Trinajstić information content (AvgIpc) is 2.38. The Bertz CT molecular complexity index is 540. The minimum Gasteiger partial charge on any atom is -0.312 e. The van der Waals surface area contributed by atoms with Gasteiger partial charge >= 0.3 is 0 Å². The summed E-state index contributed by atoms with van der Waals surface area (Å²) in [6, 6.07) is 10.9. The van der Waals surface area contributed by atoms with Crippen LogP contribution < -0.4 is 5.32 Å². The Morgan fingerprint density at radius 2 is 1.95 bits per heavy atom. The van der Waals surface area contributed by atoms with Crippen LogP contribution in [0.4, 0.5) is 0 Å². The molecule has 0 bridgehead atoms. The Morgan fingerprint density at radius 1 is 1.21 bits per heavy atom. The highest BCUT2D eigenvalue weighted by Crippen LogP contribution is 2.30. The highest BCUT2D eigenvalue weighted by Gasteiger charge is 2.17. The van der Waals surface area contributed by atoms with Gasteiger partial charge in [-0.3, -0.25) is 4.98 Å². The summed E-state index contributed by atoms with van der Waals surface area (Å²) in [7, 11) is 2.02. The smallest absolute Gasteiger partial charge is 0.0750 e. The van der Waals surface area contributed by atoms with Gasteiger partial charge in [-0.15, -0.1) is 0 Å². The molecule has 1 atom stereocenters. The fourth-order valence-corrected chi connectivity index (χ4v) is 3.08. The van der Waals surface area contributed by atoms with E-state index in [0.717, 1.165) is 11.3 Å². The lowest BCUT2D eigenvalue weighted by Crippen LogP contribution is -2.22. The van der Waals surface area contributed by atoms with E-state index in [1.165, 1.54) is 10.9 Å². The zero-order chi connectivity index (χ0) is 13.9. The molecule has 0 fully saturated rings. The van der Waals surface area contributed by atoms with Gasteiger partial charge in [0.2, 0.25) is 0 Å². The molecule has 1 aromatic carbocycles. The standard InChI is InChI=1S/C16H22N2S/c1-16(2,3)19-11-14(17-4)13-9-5-7-12-8-6-10-18-15(12)13/h5-10,14,17H,11H2,1-4H3. The van der Waals surface area contributed by atoms with Crippen LogP contribution in [0.1, 0.15) is 32.4 Å². The van der Waals surface area contributed by atoms with Gasteiger partial charge in [-0.25, -0.2) is 0 Å². The van der Waals surface area contributed by atoms with E-state index in [1.54, 1.807) is 0 Å². The first kappa shape index (κ1) is 14.4. The molecular weight excluding hydrogens is 252 g/mol. The van der Waals surface area contributed by atoms with Crippen molar-refractivity contribution in [2.75, 3.05) is 12.8 Å². The third-order valence-corrected chi connectivity index (χ3v) is 4.44. The van der Waals surface area contributed by atoms with Crippen LogP contribution in [0.5, 0.6) is 0 Å². The Hall–Kier alpha value is -1.06.